The zero-order chi connectivity index (χ0) is 17.4. The maximum atomic E-state index is 15.4. The highest BCUT2D eigenvalue weighted by molar-refractivity contribution is 5.70. The molecule has 0 radical (unpaired) electrons. The van der Waals surface area contributed by atoms with Crippen LogP contribution in [-0.2, 0) is 10.5 Å². The van der Waals surface area contributed by atoms with Crippen LogP contribution in [0.1, 0.15) is 13.3 Å². The Balaban J connectivity index is 2.67. The van der Waals surface area contributed by atoms with E-state index in [1.54, 1.807) is 0 Å². The number of nitrogens with zero attached hydrogens (tertiary/aromatic N) is 3. The minimum Gasteiger partial charge on any atom is -0.390 e. The Labute approximate surface area is 128 Å². The number of halogens is 2. The first-order valence-electron chi connectivity index (χ1n) is 6.68. The molecule has 5 N–H and O–H groups in total. The lowest BCUT2D eigenvalue weighted by Gasteiger charge is -2.37. The number of nitrogens with one attached hydrogen (secondary N) is 1. The topological polar surface area (TPSA) is 139 Å². The predicted molar refractivity (Wildman–Crippen MR) is 75.9 cm³/mol. The van der Waals surface area contributed by atoms with Crippen molar-refractivity contribution in [1.29, 1.82) is 0 Å². The number of hydrogen-bond donors (Lipinski definition) is 4. The van der Waals surface area contributed by atoms with Crippen LogP contribution in [0.25, 0.3) is 11.2 Å². The highest BCUT2D eigenvalue weighted by Gasteiger charge is 2.53. The van der Waals surface area contributed by atoms with Crippen LogP contribution >= 0.6 is 0 Å². The number of ether oxygens (including phenoxy) is 1. The van der Waals surface area contributed by atoms with Gasteiger partial charge in [0.2, 0.25) is 11.7 Å². The van der Waals surface area contributed by atoms with Gasteiger partial charge in [0, 0.05) is 13.5 Å². The summed E-state index contributed by atoms with van der Waals surface area (Å²) in [7, 11) is 0.877. The van der Waals surface area contributed by atoms with E-state index in [4.69, 9.17) is 10.8 Å². The molecule has 0 spiro atoms. The average Bonchev–Trinajstić information content (AvgIpc) is 2.97. The number of aliphatic hydroxyl groups excluding tert-OH is 2. The van der Waals surface area contributed by atoms with E-state index in [1.807, 2.05) is 0 Å². The van der Waals surface area contributed by atoms with Gasteiger partial charge in [-0.1, -0.05) is 6.92 Å². The van der Waals surface area contributed by atoms with Crippen molar-refractivity contribution in [2.75, 3.05) is 19.5 Å². The standard InChI is InChI=1S/C12H17F2N5O4/c1-3-11(13,9(22)12(14,4-20)23-2)19-5-16-6-7(19)17-10(15)18-8(6)21/h5,9,20,22H,3-4H2,1-2H3,(H3,15,17,18,21)/t9-,11-,12+/m0/s1. The van der Waals surface area contributed by atoms with Gasteiger partial charge in [0.1, 0.15) is 6.61 Å². The molecule has 0 saturated carbocycles. The SMILES string of the molecule is CC[C@@](F)([C@H](O)[C@@](F)(CO)OC)n1cnc2c(=O)[nH]c(N)nc21. The summed E-state index contributed by atoms with van der Waals surface area (Å²) in [6, 6.07) is 0. The summed E-state index contributed by atoms with van der Waals surface area (Å²) in [4.78, 5) is 21.4. The molecule has 0 fully saturated rings. The molecule has 23 heavy (non-hydrogen) atoms. The Bertz CT molecular complexity index is 759. The largest absolute Gasteiger partial charge is 0.390 e. The summed E-state index contributed by atoms with van der Waals surface area (Å²) in [5.74, 6) is -6.15. The lowest BCUT2D eigenvalue weighted by Crippen LogP contribution is -2.55. The van der Waals surface area contributed by atoms with Gasteiger partial charge in [-0.25, -0.2) is 13.8 Å². The van der Waals surface area contributed by atoms with Gasteiger partial charge in [0.15, 0.2) is 17.3 Å². The first-order valence-corrected chi connectivity index (χ1v) is 6.68. The van der Waals surface area contributed by atoms with E-state index in [0.29, 0.717) is 4.57 Å². The molecule has 2 rings (SSSR count). The Kier molecular flexibility index (Phi) is 4.37. The van der Waals surface area contributed by atoms with Gasteiger partial charge in [-0.3, -0.25) is 14.3 Å². The molecule has 2 heterocycles. The van der Waals surface area contributed by atoms with Crippen molar-refractivity contribution in [3.05, 3.63) is 16.7 Å². The summed E-state index contributed by atoms with van der Waals surface area (Å²) >= 11 is 0. The summed E-state index contributed by atoms with van der Waals surface area (Å²) < 4.78 is 34.9. The molecule has 0 saturated heterocycles. The molecule has 0 aliphatic heterocycles. The van der Waals surface area contributed by atoms with E-state index < -0.39 is 36.3 Å². The number of nitrogens with two attached hydrogens (primary N) is 1. The number of nitrogen functional groups attached to an aromatic ring is 1. The number of H-pyrrole nitrogens is 1. The number of imidazole rings is 1. The Morgan fingerprint density at radius 1 is 1.57 bits per heavy atom. The third kappa shape index (κ3) is 2.56. The molecule has 128 valence electrons. The average molecular weight is 333 g/mol. The van der Waals surface area contributed by atoms with E-state index in [9.17, 15) is 14.3 Å². The van der Waals surface area contributed by atoms with E-state index in [-0.39, 0.29) is 17.1 Å². The minimum absolute atomic E-state index is 0.229. The van der Waals surface area contributed by atoms with Gasteiger partial charge in [0.05, 0.1) is 6.33 Å². The quantitative estimate of drug-likeness (QED) is 0.553. The minimum atomic E-state index is -3.06. The Morgan fingerprint density at radius 2 is 2.22 bits per heavy atom. The predicted octanol–water partition coefficient (Wildman–Crippen LogP) is -0.601. The second kappa shape index (κ2) is 5.83. The molecule has 11 heteroatoms. The normalized spacial score (nSPS) is 18.5. The number of alkyl halides is 2. The fourth-order valence-electron chi connectivity index (χ4n) is 2.29. The van der Waals surface area contributed by atoms with E-state index >= 15 is 4.39 Å². The number of hydrogen-bond acceptors (Lipinski definition) is 7. The zero-order valence-electron chi connectivity index (χ0n) is 12.5. The van der Waals surface area contributed by atoms with Gasteiger partial charge in [-0.2, -0.15) is 4.98 Å². The monoisotopic (exact) mass is 333 g/mol. The van der Waals surface area contributed by atoms with Crippen LogP contribution in [0.5, 0.6) is 0 Å². The van der Waals surface area contributed by atoms with Gasteiger partial charge in [0.25, 0.3) is 11.4 Å². The number of anilines is 1. The first-order chi connectivity index (χ1) is 10.7. The molecular weight excluding hydrogens is 316 g/mol. The Morgan fingerprint density at radius 3 is 2.74 bits per heavy atom. The fourth-order valence-corrected chi connectivity index (χ4v) is 2.29. The third-order valence-corrected chi connectivity index (χ3v) is 3.70. The second-order valence-electron chi connectivity index (χ2n) is 4.96. The van der Waals surface area contributed by atoms with Crippen LogP contribution in [0.3, 0.4) is 0 Å². The smallest absolute Gasteiger partial charge is 0.280 e. The zero-order valence-corrected chi connectivity index (χ0v) is 12.5. The molecular formula is C12H17F2N5O4. The molecule has 0 unspecified atom stereocenters. The maximum absolute atomic E-state index is 15.4. The van der Waals surface area contributed by atoms with Crippen molar-refractivity contribution in [2.24, 2.45) is 0 Å². The molecule has 0 aromatic carbocycles. The van der Waals surface area contributed by atoms with Gasteiger partial charge < -0.3 is 20.7 Å². The van der Waals surface area contributed by atoms with Gasteiger partial charge in [-0.15, -0.1) is 0 Å². The molecule has 9 nitrogen and oxygen atoms in total. The fraction of sp³-hybridized carbons (Fsp3) is 0.583. The first kappa shape index (κ1) is 17.2. The van der Waals surface area contributed by atoms with Crippen molar-refractivity contribution < 1.29 is 23.7 Å². The van der Waals surface area contributed by atoms with Crippen molar-refractivity contribution in [3.63, 3.8) is 0 Å². The lowest BCUT2D eigenvalue weighted by atomic mass is 9.98. The van der Waals surface area contributed by atoms with E-state index in [1.165, 1.54) is 6.92 Å². The number of methoxy groups -OCH3 is 1. The molecule has 0 amide bonds. The number of aromatic amines is 1. The van der Waals surface area contributed by atoms with Crippen molar-refractivity contribution in [1.82, 2.24) is 19.5 Å². The lowest BCUT2D eigenvalue weighted by molar-refractivity contribution is -0.261. The number of rotatable bonds is 6. The van der Waals surface area contributed by atoms with Crippen molar-refractivity contribution in [2.45, 2.75) is 31.1 Å². The molecule has 3 atom stereocenters. The highest BCUT2D eigenvalue weighted by Crippen LogP contribution is 2.37. The van der Waals surface area contributed by atoms with Crippen LogP contribution in [-0.4, -0.2) is 55.4 Å². The van der Waals surface area contributed by atoms with Crippen LogP contribution in [0.15, 0.2) is 11.1 Å². The molecule has 0 aliphatic carbocycles. The van der Waals surface area contributed by atoms with Crippen molar-refractivity contribution in [3.8, 4) is 0 Å². The van der Waals surface area contributed by atoms with E-state index in [0.717, 1.165) is 13.4 Å². The van der Waals surface area contributed by atoms with Crippen molar-refractivity contribution >= 4 is 17.1 Å². The molecule has 0 bridgehead atoms. The molecule has 2 aromatic rings. The molecule has 2 aromatic heterocycles. The number of aromatic nitrogens is 4. The summed E-state index contributed by atoms with van der Waals surface area (Å²) in [6.45, 7) is 0.0537. The van der Waals surface area contributed by atoms with Gasteiger partial charge in [-0.05, 0) is 0 Å². The number of aliphatic hydroxyl groups is 2. The van der Waals surface area contributed by atoms with Crippen LogP contribution < -0.4 is 11.3 Å². The van der Waals surface area contributed by atoms with E-state index in [2.05, 4.69) is 19.7 Å². The highest BCUT2D eigenvalue weighted by atomic mass is 19.2. The van der Waals surface area contributed by atoms with Crippen LogP contribution in [0, 0.1) is 0 Å². The maximum Gasteiger partial charge on any atom is 0.280 e. The second-order valence-corrected chi connectivity index (χ2v) is 4.96. The summed E-state index contributed by atoms with van der Waals surface area (Å²) in [5, 5.41) is 19.2. The molecule has 0 aliphatic rings. The Hall–Kier alpha value is -2.11. The number of fused-ring (bicyclic) bond motifs is 1. The van der Waals surface area contributed by atoms with Crippen LogP contribution in [0.2, 0.25) is 0 Å². The summed E-state index contributed by atoms with van der Waals surface area (Å²) in [6.07, 6.45) is -1.95. The summed E-state index contributed by atoms with van der Waals surface area (Å²) in [5.41, 5.74) is 4.21. The van der Waals surface area contributed by atoms with Gasteiger partial charge >= 0.3 is 0 Å². The van der Waals surface area contributed by atoms with Crippen LogP contribution in [0.4, 0.5) is 14.7 Å². The third-order valence-electron chi connectivity index (χ3n) is 3.70.